The smallest absolute Gasteiger partial charge is 0.250 e. The molecule has 4 aliphatic rings. The van der Waals surface area contributed by atoms with Gasteiger partial charge in [-0.25, -0.2) is 14.6 Å². The topological polar surface area (TPSA) is 72.7 Å². The molecule has 2 aromatic heterocycles. The molecule has 4 saturated carbocycles. The maximum Gasteiger partial charge on any atom is 0.250 e. The van der Waals surface area contributed by atoms with Gasteiger partial charge in [0.15, 0.2) is 0 Å². The quantitative estimate of drug-likeness (QED) is 0.867. The van der Waals surface area contributed by atoms with Crippen LogP contribution in [-0.2, 0) is 4.79 Å². The zero-order valence-electron chi connectivity index (χ0n) is 17.0. The van der Waals surface area contributed by atoms with E-state index < -0.39 is 0 Å². The zero-order chi connectivity index (χ0) is 19.5. The van der Waals surface area contributed by atoms with Crippen LogP contribution < -0.4 is 5.32 Å². The Morgan fingerprint density at radius 1 is 1.07 bits per heavy atom. The molecule has 1 N–H and O–H groups in total. The predicted octanol–water partition coefficient (Wildman–Crippen LogP) is 4.13. The highest BCUT2D eigenvalue weighted by molar-refractivity contribution is 5.90. The van der Waals surface area contributed by atoms with E-state index in [0.29, 0.717) is 18.1 Å². The summed E-state index contributed by atoms with van der Waals surface area (Å²) in [6, 6.07) is 0. The van der Waals surface area contributed by atoms with Gasteiger partial charge in [0, 0.05) is 12.1 Å². The Labute approximate surface area is 166 Å². The number of amides is 1. The first kappa shape index (κ1) is 17.8. The number of aryl methyl sites for hydroxylation is 1. The normalized spacial score (nSPS) is 30.6. The molecule has 2 heterocycles. The average molecular weight is 380 g/mol. The van der Waals surface area contributed by atoms with Gasteiger partial charge in [-0.3, -0.25) is 4.79 Å². The van der Waals surface area contributed by atoms with Crippen LogP contribution in [0.2, 0.25) is 0 Å². The third-order valence-electron chi connectivity index (χ3n) is 7.47. The predicted molar refractivity (Wildman–Crippen MR) is 107 cm³/mol. The molecule has 0 saturated heterocycles. The lowest BCUT2D eigenvalue weighted by Crippen LogP contribution is -2.47. The summed E-state index contributed by atoms with van der Waals surface area (Å²) < 4.78 is 1.76. The number of hydrogen-bond acceptors (Lipinski definition) is 4. The monoisotopic (exact) mass is 379 g/mol. The standard InChI is InChI=1S/C22H29N5O/c1-13-14(2)26-27(15(13)3)21-23-11-19(12-24-21)25-20(28)10-22-7-16-4-17(8-22)6-18(5-16)9-22/h11-12,16-18H,4-10H2,1-3H3,(H,25,28). The zero-order valence-corrected chi connectivity index (χ0v) is 17.0. The van der Waals surface area contributed by atoms with Gasteiger partial charge in [0.1, 0.15) is 0 Å². The summed E-state index contributed by atoms with van der Waals surface area (Å²) in [5.74, 6) is 3.25. The van der Waals surface area contributed by atoms with E-state index in [9.17, 15) is 4.79 Å². The summed E-state index contributed by atoms with van der Waals surface area (Å²) >= 11 is 0. The molecule has 2 aromatic rings. The molecule has 0 aromatic carbocycles. The highest BCUT2D eigenvalue weighted by atomic mass is 16.1. The second-order valence-electron chi connectivity index (χ2n) is 9.62. The molecule has 0 spiro atoms. The summed E-state index contributed by atoms with van der Waals surface area (Å²) in [4.78, 5) is 21.6. The van der Waals surface area contributed by atoms with Crippen molar-refractivity contribution in [1.82, 2.24) is 19.7 Å². The third kappa shape index (κ3) is 3.03. The van der Waals surface area contributed by atoms with Crippen molar-refractivity contribution in [2.24, 2.45) is 23.2 Å². The van der Waals surface area contributed by atoms with Crippen LogP contribution in [0.25, 0.3) is 5.95 Å². The van der Waals surface area contributed by atoms with Crippen molar-refractivity contribution in [1.29, 1.82) is 0 Å². The van der Waals surface area contributed by atoms with Crippen LogP contribution >= 0.6 is 0 Å². The molecule has 0 atom stereocenters. The second kappa shape index (κ2) is 6.39. The lowest BCUT2D eigenvalue weighted by atomic mass is 9.49. The minimum atomic E-state index is 0.111. The Hall–Kier alpha value is -2.24. The van der Waals surface area contributed by atoms with Crippen LogP contribution in [0.1, 0.15) is 61.9 Å². The highest BCUT2D eigenvalue weighted by Gasteiger charge is 2.51. The molecule has 148 valence electrons. The number of aromatic nitrogens is 4. The van der Waals surface area contributed by atoms with Gasteiger partial charge in [0.25, 0.3) is 5.95 Å². The van der Waals surface area contributed by atoms with E-state index in [0.717, 1.165) is 34.7 Å². The van der Waals surface area contributed by atoms with Crippen molar-refractivity contribution in [3.05, 3.63) is 29.3 Å². The number of rotatable bonds is 4. The van der Waals surface area contributed by atoms with Crippen molar-refractivity contribution in [2.75, 3.05) is 5.32 Å². The van der Waals surface area contributed by atoms with Gasteiger partial charge >= 0.3 is 0 Å². The first-order valence-electron chi connectivity index (χ1n) is 10.6. The second-order valence-corrected chi connectivity index (χ2v) is 9.62. The van der Waals surface area contributed by atoms with Crippen LogP contribution in [0.4, 0.5) is 5.69 Å². The van der Waals surface area contributed by atoms with Gasteiger partial charge in [-0.05, 0) is 88.0 Å². The Kier molecular flexibility index (Phi) is 4.07. The molecule has 0 radical (unpaired) electrons. The molecule has 4 fully saturated rings. The maximum absolute atomic E-state index is 12.8. The first-order chi connectivity index (χ1) is 13.4. The molecule has 1 amide bonds. The van der Waals surface area contributed by atoms with E-state index in [2.05, 4.69) is 20.4 Å². The SMILES string of the molecule is Cc1nn(-c2ncc(NC(=O)CC34CC5CC(CC(C5)C3)C4)cn2)c(C)c1C. The average Bonchev–Trinajstić information content (AvgIpc) is 2.88. The van der Waals surface area contributed by atoms with Gasteiger partial charge < -0.3 is 5.32 Å². The van der Waals surface area contributed by atoms with E-state index in [4.69, 9.17) is 0 Å². The number of hydrogen-bond donors (Lipinski definition) is 1. The Morgan fingerprint density at radius 3 is 2.14 bits per heavy atom. The highest BCUT2D eigenvalue weighted by Crippen LogP contribution is 2.61. The summed E-state index contributed by atoms with van der Waals surface area (Å²) in [6.07, 6.45) is 12.0. The fraction of sp³-hybridized carbons (Fsp3) is 0.636. The lowest BCUT2D eigenvalue weighted by Gasteiger charge is -2.56. The number of carbonyl (C=O) groups is 1. The molecule has 0 aliphatic heterocycles. The van der Waals surface area contributed by atoms with Crippen molar-refractivity contribution >= 4 is 11.6 Å². The van der Waals surface area contributed by atoms with Gasteiger partial charge in [0.2, 0.25) is 5.91 Å². The number of carbonyl (C=O) groups excluding carboxylic acids is 1. The number of nitrogens with zero attached hydrogens (tertiary/aromatic N) is 4. The van der Waals surface area contributed by atoms with Crippen LogP contribution in [0.5, 0.6) is 0 Å². The van der Waals surface area contributed by atoms with Gasteiger partial charge in [-0.1, -0.05) is 0 Å². The molecule has 6 heteroatoms. The Bertz CT molecular complexity index is 878. The Balaban J connectivity index is 1.26. The molecule has 28 heavy (non-hydrogen) atoms. The minimum Gasteiger partial charge on any atom is -0.323 e. The molecule has 4 aliphatic carbocycles. The Morgan fingerprint density at radius 2 is 1.64 bits per heavy atom. The molecular formula is C22H29N5O. The first-order valence-corrected chi connectivity index (χ1v) is 10.6. The van der Waals surface area contributed by atoms with E-state index in [1.807, 2.05) is 20.8 Å². The summed E-state index contributed by atoms with van der Waals surface area (Å²) in [6.45, 7) is 6.05. The molecule has 6 nitrogen and oxygen atoms in total. The van der Waals surface area contributed by atoms with Crippen molar-refractivity contribution in [2.45, 2.75) is 65.7 Å². The lowest BCUT2D eigenvalue weighted by molar-refractivity contribution is -0.124. The molecule has 6 rings (SSSR count). The van der Waals surface area contributed by atoms with Crippen molar-refractivity contribution in [3.63, 3.8) is 0 Å². The van der Waals surface area contributed by atoms with Gasteiger partial charge in [-0.2, -0.15) is 5.10 Å². The van der Waals surface area contributed by atoms with E-state index in [1.54, 1.807) is 17.1 Å². The van der Waals surface area contributed by atoms with Gasteiger partial charge in [-0.15, -0.1) is 0 Å². The molecular weight excluding hydrogens is 350 g/mol. The van der Waals surface area contributed by atoms with Crippen LogP contribution in [0.3, 0.4) is 0 Å². The maximum atomic E-state index is 12.8. The largest absolute Gasteiger partial charge is 0.323 e. The summed E-state index contributed by atoms with van der Waals surface area (Å²) in [7, 11) is 0. The number of anilines is 1. The van der Waals surface area contributed by atoms with Crippen molar-refractivity contribution in [3.8, 4) is 5.95 Å². The van der Waals surface area contributed by atoms with E-state index in [1.165, 1.54) is 38.5 Å². The van der Waals surface area contributed by atoms with Crippen LogP contribution in [-0.4, -0.2) is 25.7 Å². The summed E-state index contributed by atoms with van der Waals surface area (Å²) in [5, 5.41) is 7.53. The minimum absolute atomic E-state index is 0.111. The van der Waals surface area contributed by atoms with Crippen LogP contribution in [0, 0.1) is 43.9 Å². The summed E-state index contributed by atoms with van der Waals surface area (Å²) in [5.41, 5.74) is 4.08. The number of nitrogens with one attached hydrogen (secondary N) is 1. The third-order valence-corrected chi connectivity index (χ3v) is 7.47. The fourth-order valence-corrected chi connectivity index (χ4v) is 6.46. The van der Waals surface area contributed by atoms with E-state index in [-0.39, 0.29) is 11.3 Å². The van der Waals surface area contributed by atoms with Crippen LogP contribution in [0.15, 0.2) is 12.4 Å². The fourth-order valence-electron chi connectivity index (χ4n) is 6.46. The van der Waals surface area contributed by atoms with Crippen molar-refractivity contribution < 1.29 is 4.79 Å². The molecule has 4 bridgehead atoms. The van der Waals surface area contributed by atoms with Gasteiger partial charge in [0.05, 0.1) is 23.8 Å². The molecule has 0 unspecified atom stereocenters. The van der Waals surface area contributed by atoms with E-state index >= 15 is 0 Å².